The number of aryl methyl sites for hydroxylation is 1. The van der Waals surface area contributed by atoms with Crippen molar-refractivity contribution in [3.63, 3.8) is 0 Å². The maximum atomic E-state index is 13.5. The lowest BCUT2D eigenvalue weighted by atomic mass is 10.2. The van der Waals surface area contributed by atoms with E-state index in [9.17, 15) is 18.8 Å². The Balaban J connectivity index is 1.62. The van der Waals surface area contributed by atoms with Crippen LogP contribution < -0.4 is 16.4 Å². The fourth-order valence-electron chi connectivity index (χ4n) is 2.61. The Morgan fingerprint density at radius 2 is 1.78 bits per heavy atom. The maximum Gasteiger partial charge on any atom is 0.272 e. The number of amides is 2. The highest BCUT2D eigenvalue weighted by molar-refractivity contribution is 5.95. The highest BCUT2D eigenvalue weighted by Crippen LogP contribution is 2.08. The molecule has 3 aromatic rings. The number of para-hydroxylation sites is 1. The molecule has 1 heterocycles. The third-order valence-electron chi connectivity index (χ3n) is 4.09. The van der Waals surface area contributed by atoms with Gasteiger partial charge in [-0.3, -0.25) is 29.8 Å². The number of hydrogen-bond donors (Lipinski definition) is 2. The molecule has 0 atom stereocenters. The van der Waals surface area contributed by atoms with E-state index in [2.05, 4.69) is 15.8 Å². The van der Waals surface area contributed by atoms with Gasteiger partial charge in [0.05, 0.1) is 16.5 Å². The first-order chi connectivity index (χ1) is 13.0. The molecule has 7 nitrogen and oxygen atoms in total. The number of halogens is 1. The van der Waals surface area contributed by atoms with E-state index in [1.54, 1.807) is 31.3 Å². The molecule has 0 saturated carbocycles. The smallest absolute Gasteiger partial charge is 0.272 e. The number of fused-ring (bicyclic) bond motifs is 1. The molecule has 27 heavy (non-hydrogen) atoms. The Morgan fingerprint density at radius 3 is 2.56 bits per heavy atom. The first-order valence-electron chi connectivity index (χ1n) is 8.25. The summed E-state index contributed by atoms with van der Waals surface area (Å²) in [6.07, 6.45) is 0.203. The predicted octanol–water partition coefficient (Wildman–Crippen LogP) is 1.47. The fraction of sp³-hybridized carbons (Fsp3) is 0.158. The van der Waals surface area contributed by atoms with E-state index in [1.165, 1.54) is 22.8 Å². The summed E-state index contributed by atoms with van der Waals surface area (Å²) in [5.41, 5.74) is 4.59. The normalized spacial score (nSPS) is 10.6. The minimum absolute atomic E-state index is 0.00380. The third-order valence-corrected chi connectivity index (χ3v) is 4.09. The topological polar surface area (TPSA) is 93.1 Å². The largest absolute Gasteiger partial charge is 0.299 e. The fourth-order valence-corrected chi connectivity index (χ4v) is 2.61. The first-order valence-corrected chi connectivity index (χ1v) is 8.25. The van der Waals surface area contributed by atoms with Crippen molar-refractivity contribution >= 4 is 22.7 Å². The summed E-state index contributed by atoms with van der Waals surface area (Å²) >= 11 is 0. The molecule has 2 amide bonds. The average molecular weight is 368 g/mol. The van der Waals surface area contributed by atoms with Crippen LogP contribution in [-0.2, 0) is 18.3 Å². The van der Waals surface area contributed by atoms with Gasteiger partial charge in [-0.05, 0) is 24.3 Å². The molecule has 8 heteroatoms. The van der Waals surface area contributed by atoms with Crippen LogP contribution in [0.5, 0.6) is 0 Å². The summed E-state index contributed by atoms with van der Waals surface area (Å²) < 4.78 is 14.9. The number of hydrogen-bond acceptors (Lipinski definition) is 4. The lowest BCUT2D eigenvalue weighted by molar-refractivity contribution is -0.121. The average Bonchev–Trinajstić information content (AvgIpc) is 2.68. The molecule has 0 bridgehead atoms. The highest BCUT2D eigenvalue weighted by atomic mass is 19.1. The molecule has 0 spiro atoms. The van der Waals surface area contributed by atoms with Gasteiger partial charge in [-0.15, -0.1) is 0 Å². The van der Waals surface area contributed by atoms with E-state index < -0.39 is 17.6 Å². The van der Waals surface area contributed by atoms with Crippen LogP contribution in [0.25, 0.3) is 10.9 Å². The number of carbonyl (C=O) groups is 2. The number of hydrazine groups is 1. The van der Waals surface area contributed by atoms with Crippen molar-refractivity contribution in [1.82, 2.24) is 20.4 Å². The lowest BCUT2D eigenvalue weighted by Crippen LogP contribution is -2.42. The van der Waals surface area contributed by atoms with Crippen LogP contribution in [0, 0.1) is 5.82 Å². The zero-order chi connectivity index (χ0) is 19.4. The second-order valence-electron chi connectivity index (χ2n) is 5.89. The number of nitrogens with zero attached hydrogens (tertiary/aromatic N) is 2. The summed E-state index contributed by atoms with van der Waals surface area (Å²) in [7, 11) is 1.59. The van der Waals surface area contributed by atoms with Gasteiger partial charge in [0.1, 0.15) is 11.6 Å². The molecule has 1 aromatic heterocycles. The van der Waals surface area contributed by atoms with Gasteiger partial charge >= 0.3 is 0 Å². The summed E-state index contributed by atoms with van der Waals surface area (Å²) in [5.74, 6) is -1.46. The van der Waals surface area contributed by atoms with Crippen LogP contribution >= 0.6 is 0 Å². The maximum absolute atomic E-state index is 13.5. The third kappa shape index (κ3) is 4.00. The van der Waals surface area contributed by atoms with Crippen molar-refractivity contribution in [3.8, 4) is 0 Å². The van der Waals surface area contributed by atoms with E-state index in [1.807, 2.05) is 0 Å². The highest BCUT2D eigenvalue weighted by Gasteiger charge is 2.13. The number of carbonyl (C=O) groups excluding carboxylic acids is 2. The molecule has 2 N–H and O–H groups in total. The molecule has 0 radical (unpaired) electrons. The van der Waals surface area contributed by atoms with Crippen molar-refractivity contribution in [1.29, 1.82) is 0 Å². The van der Waals surface area contributed by atoms with Crippen LogP contribution in [0.3, 0.4) is 0 Å². The number of benzene rings is 2. The van der Waals surface area contributed by atoms with Gasteiger partial charge in [-0.2, -0.15) is 0 Å². The van der Waals surface area contributed by atoms with Crippen LogP contribution in [0.4, 0.5) is 4.39 Å². The van der Waals surface area contributed by atoms with E-state index in [-0.39, 0.29) is 24.0 Å². The summed E-state index contributed by atoms with van der Waals surface area (Å²) in [5, 5.41) is 0.505. The van der Waals surface area contributed by atoms with Gasteiger partial charge in [-0.1, -0.05) is 24.3 Å². The van der Waals surface area contributed by atoms with E-state index >= 15 is 0 Å². The van der Waals surface area contributed by atoms with E-state index in [0.29, 0.717) is 16.7 Å². The lowest BCUT2D eigenvalue weighted by Gasteiger charge is -2.10. The van der Waals surface area contributed by atoms with Crippen LogP contribution in [0.1, 0.15) is 22.6 Å². The number of aromatic nitrogens is 2. The number of nitrogens with one attached hydrogen (secondary N) is 2. The standard InChI is InChI=1S/C19H17FN4O3/c1-24-16(21-15-9-5-3-7-13(15)19(24)27)10-11-17(25)22-23-18(26)12-6-2-4-8-14(12)20/h2-9H,10-11H2,1H3,(H,22,25)(H,23,26). The van der Waals surface area contributed by atoms with Crippen molar-refractivity contribution in [2.75, 3.05) is 0 Å². The monoisotopic (exact) mass is 368 g/mol. The molecule has 0 saturated heterocycles. The van der Waals surface area contributed by atoms with Gasteiger partial charge in [0.25, 0.3) is 11.5 Å². The Hall–Kier alpha value is -3.55. The quantitative estimate of drug-likeness (QED) is 0.682. The van der Waals surface area contributed by atoms with E-state index in [0.717, 1.165) is 6.07 Å². The molecule has 0 aliphatic heterocycles. The van der Waals surface area contributed by atoms with Crippen LogP contribution in [0.2, 0.25) is 0 Å². The molecule has 0 aliphatic rings. The second kappa shape index (κ2) is 7.77. The zero-order valence-corrected chi connectivity index (χ0v) is 14.5. The van der Waals surface area contributed by atoms with Crippen molar-refractivity contribution in [2.45, 2.75) is 12.8 Å². The second-order valence-corrected chi connectivity index (χ2v) is 5.89. The molecule has 0 aliphatic carbocycles. The Labute approximate surface area is 153 Å². The van der Waals surface area contributed by atoms with Crippen molar-refractivity contribution in [3.05, 3.63) is 76.1 Å². The minimum atomic E-state index is -0.752. The summed E-state index contributed by atoms with van der Waals surface area (Å²) in [6, 6.07) is 12.4. The molecule has 138 valence electrons. The molecule has 2 aromatic carbocycles. The Kier molecular flexibility index (Phi) is 5.25. The molecule has 0 fully saturated rings. The predicted molar refractivity (Wildman–Crippen MR) is 97.3 cm³/mol. The molecular weight excluding hydrogens is 351 g/mol. The minimum Gasteiger partial charge on any atom is -0.299 e. The summed E-state index contributed by atoms with van der Waals surface area (Å²) in [6.45, 7) is 0. The Morgan fingerprint density at radius 1 is 1.07 bits per heavy atom. The Bertz CT molecular complexity index is 1080. The molecule has 0 unspecified atom stereocenters. The molecule has 3 rings (SSSR count). The van der Waals surface area contributed by atoms with Crippen LogP contribution in [-0.4, -0.2) is 21.4 Å². The van der Waals surface area contributed by atoms with Gasteiger partial charge < -0.3 is 0 Å². The SMILES string of the molecule is Cn1c(CCC(=O)NNC(=O)c2ccccc2F)nc2ccccc2c1=O. The van der Waals surface area contributed by atoms with Gasteiger partial charge in [-0.25, -0.2) is 9.37 Å². The van der Waals surface area contributed by atoms with Crippen LogP contribution in [0.15, 0.2) is 53.3 Å². The summed E-state index contributed by atoms with van der Waals surface area (Å²) in [4.78, 5) is 40.6. The van der Waals surface area contributed by atoms with Crippen molar-refractivity contribution < 1.29 is 14.0 Å². The van der Waals surface area contributed by atoms with Gasteiger partial charge in [0.2, 0.25) is 5.91 Å². The molecular formula is C19H17FN4O3. The number of rotatable bonds is 4. The van der Waals surface area contributed by atoms with Gasteiger partial charge in [0.15, 0.2) is 0 Å². The van der Waals surface area contributed by atoms with Gasteiger partial charge in [0, 0.05) is 19.9 Å². The first kappa shape index (κ1) is 18.2. The van der Waals surface area contributed by atoms with E-state index in [4.69, 9.17) is 0 Å². The van der Waals surface area contributed by atoms with Crippen molar-refractivity contribution in [2.24, 2.45) is 7.05 Å². The zero-order valence-electron chi connectivity index (χ0n) is 14.5.